The Bertz CT molecular complexity index is 956. The number of hydrogen-bond acceptors (Lipinski definition) is 5. The Morgan fingerprint density at radius 2 is 1.00 bits per heavy atom. The number of benzene rings is 2. The molecule has 8 heteroatoms. The third-order valence-electron chi connectivity index (χ3n) is 7.42. The van der Waals surface area contributed by atoms with Crippen LogP contribution in [0.4, 0.5) is 8.78 Å². The van der Waals surface area contributed by atoms with Crippen molar-refractivity contribution in [2.45, 2.75) is 62.2 Å². The van der Waals surface area contributed by atoms with Crippen molar-refractivity contribution in [3.8, 4) is 0 Å². The molecule has 0 aromatic heterocycles. The number of hydrogen-bond donors (Lipinski definition) is 0. The van der Waals surface area contributed by atoms with E-state index >= 15 is 0 Å². The fourth-order valence-electron chi connectivity index (χ4n) is 5.52. The standard InChI is InChI=1S/C26H29F2O5P/c27-21-9-5-19(6-10-21)25(13-1-2-14-25)23(29)17-32-34(31)33-18-24(30)26(15-3-4-16-26)20-7-11-22(28)12-8-20/h5-12,34H,1-4,13-18H2. The second kappa shape index (κ2) is 10.6. The summed E-state index contributed by atoms with van der Waals surface area (Å²) in [6.45, 7) is -0.793. The number of Topliss-reactive ketones (excluding diaryl/α,β-unsaturated/α-hetero) is 2. The summed E-state index contributed by atoms with van der Waals surface area (Å²) in [7, 11) is -3.08. The van der Waals surface area contributed by atoms with Gasteiger partial charge in [-0.15, -0.1) is 0 Å². The van der Waals surface area contributed by atoms with Crippen LogP contribution >= 0.6 is 8.25 Å². The topological polar surface area (TPSA) is 69.7 Å². The van der Waals surface area contributed by atoms with E-state index < -0.39 is 32.3 Å². The van der Waals surface area contributed by atoms with E-state index in [4.69, 9.17) is 9.05 Å². The van der Waals surface area contributed by atoms with Gasteiger partial charge in [0.25, 0.3) is 0 Å². The fourth-order valence-corrected chi connectivity index (χ4v) is 6.10. The predicted molar refractivity (Wildman–Crippen MR) is 124 cm³/mol. The van der Waals surface area contributed by atoms with Gasteiger partial charge in [0, 0.05) is 0 Å². The maximum atomic E-state index is 13.4. The monoisotopic (exact) mass is 490 g/mol. The van der Waals surface area contributed by atoms with E-state index in [9.17, 15) is 22.9 Å². The number of carbonyl (C=O) groups excluding carboxylic acids is 2. The Balaban J connectivity index is 1.35. The molecule has 0 atom stereocenters. The molecule has 0 saturated heterocycles. The first-order valence-corrected chi connectivity index (χ1v) is 13.0. The summed E-state index contributed by atoms with van der Waals surface area (Å²) in [4.78, 5) is 26.1. The Hall–Kier alpha value is -2.21. The lowest BCUT2D eigenvalue weighted by Gasteiger charge is -2.28. The molecular weight excluding hydrogens is 461 g/mol. The summed E-state index contributed by atoms with van der Waals surface area (Å²) in [6.07, 6.45) is 5.98. The van der Waals surface area contributed by atoms with Crippen LogP contribution in [-0.2, 0) is 34.0 Å². The molecule has 0 aliphatic heterocycles. The molecule has 2 fully saturated rings. The van der Waals surface area contributed by atoms with Gasteiger partial charge in [0.2, 0.25) is 0 Å². The summed E-state index contributed by atoms with van der Waals surface area (Å²) in [5.41, 5.74) is -0.0823. The lowest BCUT2D eigenvalue weighted by molar-refractivity contribution is -0.127. The van der Waals surface area contributed by atoms with E-state index in [1.807, 2.05) is 0 Å². The van der Waals surface area contributed by atoms with Gasteiger partial charge in [-0.3, -0.25) is 14.2 Å². The molecule has 0 spiro atoms. The van der Waals surface area contributed by atoms with Gasteiger partial charge >= 0.3 is 8.25 Å². The summed E-state index contributed by atoms with van der Waals surface area (Å²) in [6, 6.07) is 11.8. The van der Waals surface area contributed by atoms with Gasteiger partial charge in [0.05, 0.1) is 10.8 Å². The zero-order valence-electron chi connectivity index (χ0n) is 19.0. The molecule has 2 saturated carbocycles. The highest BCUT2D eigenvalue weighted by Crippen LogP contribution is 2.44. The van der Waals surface area contributed by atoms with Crippen molar-refractivity contribution in [3.63, 3.8) is 0 Å². The molecule has 2 aliphatic rings. The highest BCUT2D eigenvalue weighted by atomic mass is 31.1. The van der Waals surface area contributed by atoms with Crippen molar-refractivity contribution in [2.24, 2.45) is 0 Å². The van der Waals surface area contributed by atoms with Crippen LogP contribution < -0.4 is 0 Å². The van der Waals surface area contributed by atoms with Crippen LogP contribution in [0.3, 0.4) is 0 Å². The first kappa shape index (κ1) is 24.9. The molecular formula is C26H29F2O5P. The molecule has 2 aliphatic carbocycles. The van der Waals surface area contributed by atoms with E-state index in [0.29, 0.717) is 25.7 Å². The molecule has 5 nitrogen and oxygen atoms in total. The number of halogens is 2. The molecule has 4 rings (SSSR count). The van der Waals surface area contributed by atoms with Gasteiger partial charge in [0.1, 0.15) is 24.8 Å². The zero-order valence-corrected chi connectivity index (χ0v) is 20.0. The van der Waals surface area contributed by atoms with Crippen LogP contribution in [0.2, 0.25) is 0 Å². The molecule has 34 heavy (non-hydrogen) atoms. The Morgan fingerprint density at radius 3 is 1.32 bits per heavy atom. The quantitative estimate of drug-likeness (QED) is 0.391. The molecule has 0 N–H and O–H groups in total. The van der Waals surface area contributed by atoms with E-state index in [1.54, 1.807) is 24.3 Å². The maximum Gasteiger partial charge on any atom is 0.319 e. The average Bonchev–Trinajstić information content (AvgIpc) is 3.53. The van der Waals surface area contributed by atoms with Crippen molar-refractivity contribution in [3.05, 3.63) is 71.3 Å². The van der Waals surface area contributed by atoms with E-state index in [-0.39, 0.29) is 23.2 Å². The molecule has 0 unspecified atom stereocenters. The van der Waals surface area contributed by atoms with Crippen molar-refractivity contribution in [1.82, 2.24) is 0 Å². The third-order valence-corrected chi connectivity index (χ3v) is 8.18. The van der Waals surface area contributed by atoms with Crippen LogP contribution in [0, 0.1) is 11.6 Å². The molecule has 2 aromatic rings. The van der Waals surface area contributed by atoms with Gasteiger partial charge in [-0.2, -0.15) is 0 Å². The lowest BCUT2D eigenvalue weighted by Crippen LogP contribution is -2.36. The largest absolute Gasteiger partial charge is 0.319 e. The van der Waals surface area contributed by atoms with E-state index in [2.05, 4.69) is 0 Å². The predicted octanol–water partition coefficient (Wildman–Crippen LogP) is 5.85. The smallest absolute Gasteiger partial charge is 0.303 e. The van der Waals surface area contributed by atoms with E-state index in [1.165, 1.54) is 24.3 Å². The number of ketones is 2. The normalized spacial score (nSPS) is 18.9. The fraction of sp³-hybridized carbons (Fsp3) is 0.462. The second-order valence-electron chi connectivity index (χ2n) is 9.27. The summed E-state index contributed by atoms with van der Waals surface area (Å²) >= 11 is 0. The molecule has 0 bridgehead atoms. The zero-order chi connectivity index (χ0) is 24.2. The van der Waals surface area contributed by atoms with Gasteiger partial charge < -0.3 is 9.05 Å². The minimum absolute atomic E-state index is 0.219. The number of rotatable bonds is 10. The number of carbonyl (C=O) groups is 2. The van der Waals surface area contributed by atoms with Gasteiger partial charge in [-0.25, -0.2) is 8.78 Å². The molecule has 0 heterocycles. The van der Waals surface area contributed by atoms with Crippen molar-refractivity contribution in [2.75, 3.05) is 13.2 Å². The van der Waals surface area contributed by atoms with Crippen molar-refractivity contribution in [1.29, 1.82) is 0 Å². The van der Waals surface area contributed by atoms with Crippen LogP contribution in [0.25, 0.3) is 0 Å². The van der Waals surface area contributed by atoms with Crippen LogP contribution in [0.5, 0.6) is 0 Å². The minimum atomic E-state index is -3.08. The van der Waals surface area contributed by atoms with Crippen molar-refractivity contribution >= 4 is 19.8 Å². The summed E-state index contributed by atoms with van der Waals surface area (Å²) in [5, 5.41) is 0. The van der Waals surface area contributed by atoms with Crippen molar-refractivity contribution < 1.29 is 32.0 Å². The van der Waals surface area contributed by atoms with Crippen LogP contribution in [0.15, 0.2) is 48.5 Å². The average molecular weight is 490 g/mol. The first-order valence-electron chi connectivity index (χ1n) is 11.7. The van der Waals surface area contributed by atoms with Gasteiger partial charge in [0.15, 0.2) is 11.6 Å². The maximum absolute atomic E-state index is 13.4. The highest BCUT2D eigenvalue weighted by molar-refractivity contribution is 7.33. The Kier molecular flexibility index (Phi) is 7.76. The Labute approximate surface area is 198 Å². The Morgan fingerprint density at radius 1 is 0.676 bits per heavy atom. The van der Waals surface area contributed by atoms with Gasteiger partial charge in [-0.05, 0) is 61.1 Å². The SMILES string of the molecule is O=C(CO[PH](=O)OCC(=O)C1(c2ccc(F)cc2)CCCC1)C1(c2ccc(F)cc2)CCCC1. The van der Waals surface area contributed by atoms with Gasteiger partial charge in [-0.1, -0.05) is 49.9 Å². The molecule has 0 radical (unpaired) electrons. The minimum Gasteiger partial charge on any atom is -0.303 e. The lowest BCUT2D eigenvalue weighted by atomic mass is 9.75. The van der Waals surface area contributed by atoms with Crippen LogP contribution in [-0.4, -0.2) is 24.8 Å². The molecule has 0 amide bonds. The second-order valence-corrected chi connectivity index (χ2v) is 10.3. The van der Waals surface area contributed by atoms with E-state index in [0.717, 1.165) is 36.8 Å². The third kappa shape index (κ3) is 5.07. The summed E-state index contributed by atoms with van der Waals surface area (Å²) < 4.78 is 49.6. The molecule has 182 valence electrons. The van der Waals surface area contributed by atoms with Crippen LogP contribution in [0.1, 0.15) is 62.5 Å². The highest BCUT2D eigenvalue weighted by Gasteiger charge is 2.43. The molecule has 2 aromatic carbocycles. The summed E-state index contributed by atoms with van der Waals surface area (Å²) in [5.74, 6) is -1.18. The first-order chi connectivity index (χ1) is 16.4.